The first-order valence-corrected chi connectivity index (χ1v) is 6.60. The largest absolute Gasteiger partial charge is 0.359 e. The van der Waals surface area contributed by atoms with Crippen molar-refractivity contribution in [2.75, 3.05) is 0 Å². The summed E-state index contributed by atoms with van der Waals surface area (Å²) in [5.41, 5.74) is 2.79. The number of aromatic nitrogens is 3. The van der Waals surface area contributed by atoms with E-state index in [0.29, 0.717) is 16.1 Å². The summed E-state index contributed by atoms with van der Waals surface area (Å²) in [6, 6.07) is 1.99. The monoisotopic (exact) mass is 247 g/mol. The molecule has 1 saturated carbocycles. The Bertz CT molecular complexity index is 559. The van der Waals surface area contributed by atoms with Gasteiger partial charge in [-0.3, -0.25) is 4.63 Å². The van der Waals surface area contributed by atoms with Crippen LogP contribution in [0, 0.1) is 18.0 Å². The van der Waals surface area contributed by atoms with E-state index in [1.165, 1.54) is 32.1 Å². The van der Waals surface area contributed by atoms with Crippen LogP contribution in [0.1, 0.15) is 43.4 Å². The van der Waals surface area contributed by atoms with Crippen molar-refractivity contribution in [1.82, 2.24) is 10.1 Å². The molecule has 1 fully saturated rings. The maximum absolute atomic E-state index is 11.3. The molecule has 5 nitrogen and oxygen atoms in total. The van der Waals surface area contributed by atoms with Gasteiger partial charge in [-0.2, -0.15) is 0 Å². The van der Waals surface area contributed by atoms with Crippen LogP contribution in [0.25, 0.3) is 11.2 Å². The Balaban J connectivity index is 1.88. The van der Waals surface area contributed by atoms with Gasteiger partial charge in [0, 0.05) is 11.3 Å². The fourth-order valence-electron chi connectivity index (χ4n) is 2.91. The van der Waals surface area contributed by atoms with Gasteiger partial charge in [-0.15, -0.1) is 0 Å². The van der Waals surface area contributed by atoms with E-state index >= 15 is 0 Å². The van der Waals surface area contributed by atoms with Gasteiger partial charge in [0.05, 0.1) is 5.16 Å². The average Bonchev–Trinajstić information content (AvgIpc) is 2.72. The number of hydrogen-bond acceptors (Lipinski definition) is 4. The predicted octanol–water partition coefficient (Wildman–Crippen LogP) is 2.29. The number of fused-ring (bicyclic) bond motifs is 1. The molecule has 2 aromatic heterocycles. The lowest BCUT2D eigenvalue weighted by molar-refractivity contribution is -0.782. The quantitative estimate of drug-likeness (QED) is 0.764. The van der Waals surface area contributed by atoms with Crippen LogP contribution in [0.3, 0.4) is 0 Å². The zero-order chi connectivity index (χ0) is 12.5. The van der Waals surface area contributed by atoms with E-state index in [1.54, 1.807) is 0 Å². The first kappa shape index (κ1) is 11.4. The smallest absolute Gasteiger partial charge is 0.341 e. The molecule has 0 amide bonds. The van der Waals surface area contributed by atoms with E-state index in [0.717, 1.165) is 23.6 Å². The Kier molecular flexibility index (Phi) is 2.89. The Morgan fingerprint density at radius 1 is 1.39 bits per heavy atom. The molecule has 0 unspecified atom stereocenters. The second kappa shape index (κ2) is 4.55. The molecule has 18 heavy (non-hydrogen) atoms. The van der Waals surface area contributed by atoms with Crippen LogP contribution < -0.4 is 4.90 Å². The highest BCUT2D eigenvalue weighted by molar-refractivity contribution is 5.69. The summed E-state index contributed by atoms with van der Waals surface area (Å²) in [5, 5.41) is 15.0. The van der Waals surface area contributed by atoms with E-state index < -0.39 is 0 Å². The highest BCUT2D eigenvalue weighted by atomic mass is 16.8. The van der Waals surface area contributed by atoms with Gasteiger partial charge in [0.15, 0.2) is 0 Å². The number of rotatable bonds is 2. The van der Waals surface area contributed by atoms with E-state index in [-0.39, 0.29) is 0 Å². The fourth-order valence-corrected chi connectivity index (χ4v) is 2.91. The summed E-state index contributed by atoms with van der Waals surface area (Å²) in [5.74, 6) is 0.731. The van der Waals surface area contributed by atoms with Crippen molar-refractivity contribution in [3.8, 4) is 0 Å². The fraction of sp³-hybridized carbons (Fsp3) is 0.615. The van der Waals surface area contributed by atoms with Gasteiger partial charge in [0.1, 0.15) is 0 Å². The van der Waals surface area contributed by atoms with Gasteiger partial charge in [0.2, 0.25) is 5.52 Å². The topological polar surface area (TPSA) is 65.9 Å². The van der Waals surface area contributed by atoms with Crippen LogP contribution in [-0.2, 0) is 6.42 Å². The molecule has 1 aliphatic rings. The lowest BCUT2D eigenvalue weighted by atomic mass is 9.86. The van der Waals surface area contributed by atoms with Crippen molar-refractivity contribution in [3.05, 3.63) is 22.5 Å². The number of pyridine rings is 1. The molecule has 0 aromatic carbocycles. The van der Waals surface area contributed by atoms with Crippen LogP contribution in [0.15, 0.2) is 10.7 Å². The minimum Gasteiger partial charge on any atom is -0.359 e. The minimum atomic E-state index is 0.427. The Morgan fingerprint density at radius 2 is 2.17 bits per heavy atom. The van der Waals surface area contributed by atoms with Gasteiger partial charge >= 0.3 is 5.65 Å². The molecule has 3 rings (SSSR count). The molecule has 0 bridgehead atoms. The molecule has 2 aromatic rings. The van der Waals surface area contributed by atoms with Crippen molar-refractivity contribution < 1.29 is 9.53 Å². The molecule has 0 spiro atoms. The maximum atomic E-state index is 11.3. The number of aryl methyl sites for hydroxylation is 1. The molecule has 0 saturated heterocycles. The Morgan fingerprint density at radius 3 is 2.94 bits per heavy atom. The first-order chi connectivity index (χ1) is 8.74. The molecule has 2 heterocycles. The summed E-state index contributed by atoms with van der Waals surface area (Å²) in [6.07, 6.45) is 7.59. The van der Waals surface area contributed by atoms with Gasteiger partial charge in [-0.1, -0.05) is 32.1 Å². The van der Waals surface area contributed by atoms with Crippen molar-refractivity contribution >= 4 is 11.2 Å². The molecular weight excluding hydrogens is 230 g/mol. The Hall–Kier alpha value is -1.65. The standard InChI is InChI=1S/C13H17N3O2/c1-9-7-11(8-10-5-3-2-4-6-10)14-13-12(9)16(17)18-15-13/h7,10H,2-6,8H2,1H3. The van der Waals surface area contributed by atoms with Gasteiger partial charge in [-0.05, 0) is 30.2 Å². The van der Waals surface area contributed by atoms with Crippen LogP contribution in [0.2, 0.25) is 0 Å². The third-order valence-electron chi connectivity index (χ3n) is 3.82. The third kappa shape index (κ3) is 2.05. The van der Waals surface area contributed by atoms with E-state index in [2.05, 4.69) is 14.8 Å². The normalized spacial score (nSPS) is 17.4. The zero-order valence-electron chi connectivity index (χ0n) is 10.6. The van der Waals surface area contributed by atoms with Crippen molar-refractivity contribution in [2.45, 2.75) is 45.4 Å². The van der Waals surface area contributed by atoms with Crippen molar-refractivity contribution in [1.29, 1.82) is 0 Å². The average molecular weight is 247 g/mol. The summed E-state index contributed by atoms with van der Waals surface area (Å²) in [4.78, 5) is 4.86. The summed E-state index contributed by atoms with van der Waals surface area (Å²) < 4.78 is 4.59. The van der Waals surface area contributed by atoms with Crippen LogP contribution in [-0.4, -0.2) is 10.1 Å². The van der Waals surface area contributed by atoms with Gasteiger partial charge < -0.3 is 5.21 Å². The SMILES string of the molecule is Cc1cc(CC2CCCCC2)nc2no[n+]([O-])c12. The van der Waals surface area contributed by atoms with Crippen molar-refractivity contribution in [2.24, 2.45) is 5.92 Å². The molecule has 0 N–H and O–H groups in total. The van der Waals surface area contributed by atoms with E-state index in [4.69, 9.17) is 0 Å². The zero-order valence-corrected chi connectivity index (χ0v) is 10.6. The second-order valence-electron chi connectivity index (χ2n) is 5.24. The molecule has 96 valence electrons. The number of hydrogen-bond donors (Lipinski definition) is 0. The molecular formula is C13H17N3O2. The van der Waals surface area contributed by atoms with E-state index in [9.17, 15) is 5.21 Å². The maximum Gasteiger partial charge on any atom is 0.341 e. The Labute approximate surface area is 105 Å². The molecule has 0 radical (unpaired) electrons. The molecule has 1 aliphatic carbocycles. The van der Waals surface area contributed by atoms with Crippen LogP contribution in [0.5, 0.6) is 0 Å². The third-order valence-corrected chi connectivity index (χ3v) is 3.82. The highest BCUT2D eigenvalue weighted by Crippen LogP contribution is 2.27. The van der Waals surface area contributed by atoms with Crippen LogP contribution >= 0.6 is 0 Å². The van der Waals surface area contributed by atoms with Gasteiger partial charge in [-0.25, -0.2) is 4.98 Å². The lowest BCUT2D eigenvalue weighted by Crippen LogP contribution is -2.23. The summed E-state index contributed by atoms with van der Waals surface area (Å²) >= 11 is 0. The molecule has 5 heteroatoms. The lowest BCUT2D eigenvalue weighted by Gasteiger charge is -2.20. The minimum absolute atomic E-state index is 0.427. The summed E-state index contributed by atoms with van der Waals surface area (Å²) in [6.45, 7) is 1.90. The molecule has 0 atom stereocenters. The number of nitrogens with zero attached hydrogens (tertiary/aromatic N) is 3. The van der Waals surface area contributed by atoms with E-state index in [1.807, 2.05) is 13.0 Å². The first-order valence-electron chi connectivity index (χ1n) is 6.60. The van der Waals surface area contributed by atoms with Crippen molar-refractivity contribution in [3.63, 3.8) is 0 Å². The predicted molar refractivity (Wildman–Crippen MR) is 65.8 cm³/mol. The molecule has 0 aliphatic heterocycles. The second-order valence-corrected chi connectivity index (χ2v) is 5.24. The van der Waals surface area contributed by atoms with Gasteiger partial charge in [0.25, 0.3) is 0 Å². The summed E-state index contributed by atoms with van der Waals surface area (Å²) in [7, 11) is 0. The highest BCUT2D eigenvalue weighted by Gasteiger charge is 2.19. The van der Waals surface area contributed by atoms with Crippen LogP contribution in [0.4, 0.5) is 0 Å².